The second kappa shape index (κ2) is 8.13. The monoisotopic (exact) mass is 399 g/mol. The van der Waals surface area contributed by atoms with Gasteiger partial charge in [0, 0.05) is 17.7 Å². The zero-order valence-corrected chi connectivity index (χ0v) is 16.7. The quantitative estimate of drug-likeness (QED) is 0.623. The summed E-state index contributed by atoms with van der Waals surface area (Å²) >= 11 is 6.42. The van der Waals surface area contributed by atoms with Crippen LogP contribution in [-0.2, 0) is 14.6 Å². The highest BCUT2D eigenvalue weighted by atomic mass is 35.5. The molecule has 0 bridgehead atoms. The molecule has 26 heavy (non-hydrogen) atoms. The van der Waals surface area contributed by atoms with Crippen molar-refractivity contribution in [1.29, 1.82) is 0 Å². The maximum Gasteiger partial charge on any atom is 0.244 e. The first-order valence-electron chi connectivity index (χ1n) is 9.29. The number of carbonyl (C=O) groups is 1. The lowest BCUT2D eigenvalue weighted by Gasteiger charge is -2.14. The van der Waals surface area contributed by atoms with Gasteiger partial charge >= 0.3 is 0 Å². The lowest BCUT2D eigenvalue weighted by atomic mass is 10.1. The van der Waals surface area contributed by atoms with E-state index >= 15 is 0 Å². The third-order valence-electron chi connectivity index (χ3n) is 5.23. The Hall–Kier alpha value is -1.34. The van der Waals surface area contributed by atoms with Gasteiger partial charge in [-0.05, 0) is 32.3 Å². The number of rotatable bonds is 4. The van der Waals surface area contributed by atoms with Crippen molar-refractivity contribution in [3.63, 3.8) is 0 Å². The molecule has 2 fully saturated rings. The van der Waals surface area contributed by atoms with Gasteiger partial charge in [0.25, 0.3) is 0 Å². The molecule has 1 aliphatic heterocycles. The first-order chi connectivity index (χ1) is 12.4. The fourth-order valence-corrected chi connectivity index (χ4v) is 5.83. The van der Waals surface area contributed by atoms with E-state index < -0.39 is 9.84 Å². The van der Waals surface area contributed by atoms with Crippen molar-refractivity contribution in [3.8, 4) is 0 Å². The number of nitrogens with one attached hydrogen (secondary N) is 1. The van der Waals surface area contributed by atoms with Gasteiger partial charge in [0.2, 0.25) is 5.91 Å². The molecule has 0 radical (unpaired) electrons. The van der Waals surface area contributed by atoms with Gasteiger partial charge in [0.05, 0.1) is 23.2 Å². The smallest absolute Gasteiger partial charge is 0.244 e. The molecule has 1 atom stereocenters. The molecule has 1 saturated carbocycles. The predicted molar refractivity (Wildman–Crippen MR) is 103 cm³/mol. The summed E-state index contributed by atoms with van der Waals surface area (Å²) in [7, 11) is -3.01. The Morgan fingerprint density at radius 1 is 1.23 bits per heavy atom. The Balaban J connectivity index is 1.67. The second-order valence-electron chi connectivity index (χ2n) is 7.32. The van der Waals surface area contributed by atoms with E-state index in [0.717, 1.165) is 25.7 Å². The fourth-order valence-electron chi connectivity index (χ4n) is 3.76. The third kappa shape index (κ3) is 4.68. The molecular weight excluding hydrogens is 374 g/mol. The maximum absolute atomic E-state index is 12.2. The molecule has 6 nitrogen and oxygen atoms in total. The summed E-state index contributed by atoms with van der Waals surface area (Å²) in [5.74, 6) is 0.115. The number of amides is 1. The number of nitrogens with zero attached hydrogens (tertiary/aromatic N) is 2. The van der Waals surface area contributed by atoms with Gasteiger partial charge < -0.3 is 5.32 Å². The molecule has 1 amide bonds. The Kier molecular flexibility index (Phi) is 6.07. The van der Waals surface area contributed by atoms with Crippen molar-refractivity contribution in [2.24, 2.45) is 0 Å². The van der Waals surface area contributed by atoms with Gasteiger partial charge in [-0.1, -0.05) is 37.3 Å². The van der Waals surface area contributed by atoms with Gasteiger partial charge in [-0.3, -0.25) is 4.79 Å². The van der Waals surface area contributed by atoms with Crippen LogP contribution in [0.4, 0.5) is 0 Å². The summed E-state index contributed by atoms with van der Waals surface area (Å²) in [4.78, 5) is 12.2. The van der Waals surface area contributed by atoms with E-state index in [1.165, 1.54) is 18.9 Å². The van der Waals surface area contributed by atoms with Gasteiger partial charge in [-0.25, -0.2) is 13.1 Å². The lowest BCUT2D eigenvalue weighted by molar-refractivity contribution is -0.117. The first-order valence-corrected chi connectivity index (χ1v) is 11.5. The summed E-state index contributed by atoms with van der Waals surface area (Å²) in [6, 6.07) is 0.0193. The largest absolute Gasteiger partial charge is 0.350 e. The van der Waals surface area contributed by atoms with Gasteiger partial charge in [0.15, 0.2) is 9.84 Å². The minimum absolute atomic E-state index is 0.0686. The molecule has 8 heteroatoms. The summed E-state index contributed by atoms with van der Waals surface area (Å²) in [5.41, 5.74) is 1.37. The van der Waals surface area contributed by atoms with E-state index in [1.54, 1.807) is 10.8 Å². The van der Waals surface area contributed by atoms with Crippen molar-refractivity contribution in [2.75, 3.05) is 11.5 Å². The highest BCUT2D eigenvalue weighted by molar-refractivity contribution is 7.91. The van der Waals surface area contributed by atoms with Crippen molar-refractivity contribution in [3.05, 3.63) is 22.5 Å². The summed E-state index contributed by atoms with van der Waals surface area (Å²) in [6.07, 6.45) is 10.6. The average molecular weight is 400 g/mol. The molecule has 144 valence electrons. The van der Waals surface area contributed by atoms with Crippen LogP contribution in [0.1, 0.15) is 62.2 Å². The minimum atomic E-state index is -3.01. The van der Waals surface area contributed by atoms with Crippen LogP contribution in [0, 0.1) is 6.92 Å². The van der Waals surface area contributed by atoms with E-state index in [1.807, 2.05) is 6.92 Å². The van der Waals surface area contributed by atoms with Crippen molar-refractivity contribution < 1.29 is 13.2 Å². The number of hydrogen-bond donors (Lipinski definition) is 1. The number of aromatic nitrogens is 2. The van der Waals surface area contributed by atoms with E-state index in [2.05, 4.69) is 10.4 Å². The molecule has 1 aromatic rings. The minimum Gasteiger partial charge on any atom is -0.350 e. The molecular formula is C18H26ClN3O3S. The molecule has 2 aliphatic rings. The summed E-state index contributed by atoms with van der Waals surface area (Å²) in [6.45, 7) is 1.81. The zero-order chi connectivity index (χ0) is 18.7. The molecule has 3 rings (SSSR count). The predicted octanol–water partition coefficient (Wildman–Crippen LogP) is 3.06. The third-order valence-corrected chi connectivity index (χ3v) is 7.36. The number of sulfone groups is 1. The van der Waals surface area contributed by atoms with Gasteiger partial charge in [-0.15, -0.1) is 0 Å². The van der Waals surface area contributed by atoms with E-state index in [0.29, 0.717) is 22.8 Å². The molecule has 1 aliphatic carbocycles. The first kappa shape index (κ1) is 19.4. The molecule has 1 N–H and O–H groups in total. The molecule has 0 unspecified atom stereocenters. The van der Waals surface area contributed by atoms with Crippen molar-refractivity contribution in [1.82, 2.24) is 15.1 Å². The standard InChI is InChI=1S/C18H26ClN3O3S/c1-13-16(8-9-17(23)20-14-6-4-2-3-5-7-14)18(19)22(21-13)15-10-11-26(24,25)12-15/h8-9,14-15H,2-7,10-12H2,1H3,(H,20,23)/b9-8+/t15-/m1/s1. The Bertz CT molecular complexity index is 793. The van der Waals surface area contributed by atoms with Crippen LogP contribution in [0.2, 0.25) is 5.15 Å². The SMILES string of the molecule is Cc1nn([C@@H]2CCS(=O)(=O)C2)c(Cl)c1/C=C/C(=O)NC1CCCCCC1. The Labute approximate surface area is 159 Å². The highest BCUT2D eigenvalue weighted by Crippen LogP contribution is 2.30. The van der Waals surface area contributed by atoms with Crippen molar-refractivity contribution in [2.45, 2.75) is 64.0 Å². The van der Waals surface area contributed by atoms with Crippen LogP contribution in [0.3, 0.4) is 0 Å². The molecule has 2 heterocycles. The number of aryl methyl sites for hydroxylation is 1. The van der Waals surface area contributed by atoms with Crippen molar-refractivity contribution >= 4 is 33.4 Å². The summed E-state index contributed by atoms with van der Waals surface area (Å²) in [5, 5.41) is 7.86. The van der Waals surface area contributed by atoms with E-state index in [4.69, 9.17) is 11.6 Å². The Morgan fingerprint density at radius 3 is 2.54 bits per heavy atom. The summed E-state index contributed by atoms with van der Waals surface area (Å²) < 4.78 is 25.0. The number of hydrogen-bond acceptors (Lipinski definition) is 4. The van der Waals surface area contributed by atoms with E-state index in [9.17, 15) is 13.2 Å². The molecule has 1 saturated heterocycles. The Morgan fingerprint density at radius 2 is 1.92 bits per heavy atom. The van der Waals surface area contributed by atoms with Crippen LogP contribution in [0.25, 0.3) is 6.08 Å². The van der Waals surface area contributed by atoms with Crippen LogP contribution in [0.15, 0.2) is 6.08 Å². The lowest BCUT2D eigenvalue weighted by Crippen LogP contribution is -2.33. The maximum atomic E-state index is 12.2. The fraction of sp³-hybridized carbons (Fsp3) is 0.667. The average Bonchev–Trinajstić information content (AvgIpc) is 2.94. The van der Waals surface area contributed by atoms with Crippen LogP contribution >= 0.6 is 11.6 Å². The highest BCUT2D eigenvalue weighted by Gasteiger charge is 2.31. The van der Waals surface area contributed by atoms with E-state index in [-0.39, 0.29) is 29.5 Å². The van der Waals surface area contributed by atoms with Crippen LogP contribution in [0.5, 0.6) is 0 Å². The van der Waals surface area contributed by atoms with Crippen LogP contribution < -0.4 is 5.32 Å². The zero-order valence-electron chi connectivity index (χ0n) is 15.1. The molecule has 0 aromatic carbocycles. The topological polar surface area (TPSA) is 81.1 Å². The molecule has 0 spiro atoms. The second-order valence-corrected chi connectivity index (χ2v) is 9.91. The van der Waals surface area contributed by atoms with Crippen LogP contribution in [-0.4, -0.2) is 41.7 Å². The number of halogens is 1. The van der Waals surface area contributed by atoms with Gasteiger partial charge in [0.1, 0.15) is 5.15 Å². The molecule has 1 aromatic heterocycles. The number of carbonyl (C=O) groups excluding carboxylic acids is 1. The normalized spacial score (nSPS) is 24.0. The van der Waals surface area contributed by atoms with Gasteiger partial charge in [-0.2, -0.15) is 5.10 Å².